The van der Waals surface area contributed by atoms with Crippen molar-refractivity contribution in [3.05, 3.63) is 77.6 Å². The van der Waals surface area contributed by atoms with Crippen molar-refractivity contribution in [2.24, 2.45) is 0 Å². The normalized spacial score (nSPS) is 12.3. The topological polar surface area (TPSA) is 143 Å². The van der Waals surface area contributed by atoms with Gasteiger partial charge in [-0.05, 0) is 41.1 Å². The number of aliphatic hydroxyl groups excluding tert-OH is 1. The summed E-state index contributed by atoms with van der Waals surface area (Å²) in [5, 5.41) is 31.2. The molecule has 10 heteroatoms. The Morgan fingerprint density at radius 1 is 1.22 bits per heavy atom. The lowest BCUT2D eigenvalue weighted by atomic mass is 10.2. The third-order valence-electron chi connectivity index (χ3n) is 4.53. The van der Waals surface area contributed by atoms with E-state index in [4.69, 9.17) is 4.74 Å². The van der Waals surface area contributed by atoms with Crippen LogP contribution in [0.4, 0.5) is 0 Å². The molecular weight excluding hydrogens is 410 g/mol. The number of H-pyrrole nitrogens is 1. The van der Waals surface area contributed by atoms with Crippen molar-refractivity contribution in [2.45, 2.75) is 6.92 Å². The Labute approximate surface area is 182 Å². The van der Waals surface area contributed by atoms with Gasteiger partial charge in [0.2, 0.25) is 0 Å². The molecule has 158 valence electrons. The van der Waals surface area contributed by atoms with Crippen LogP contribution in [0.15, 0.2) is 60.4 Å². The molecule has 0 aliphatic rings. The number of aryl methyl sites for hydroxylation is 1. The van der Waals surface area contributed by atoms with Gasteiger partial charge in [-0.15, -0.1) is 5.10 Å². The van der Waals surface area contributed by atoms with Crippen LogP contribution in [-0.4, -0.2) is 47.9 Å². The van der Waals surface area contributed by atoms with Crippen LogP contribution < -0.4 is 0 Å². The first-order valence-electron chi connectivity index (χ1n) is 9.53. The summed E-state index contributed by atoms with van der Waals surface area (Å²) in [5.41, 5.74) is 2.01. The maximum absolute atomic E-state index is 12.8. The molecule has 10 nitrogen and oxygen atoms in total. The number of carbonyl (C=O) groups is 1. The fourth-order valence-electron chi connectivity index (χ4n) is 2.97. The Balaban J connectivity index is 1.60. The molecule has 2 heterocycles. The predicted molar refractivity (Wildman–Crippen MR) is 115 cm³/mol. The van der Waals surface area contributed by atoms with E-state index in [1.165, 1.54) is 4.68 Å². The van der Waals surface area contributed by atoms with Gasteiger partial charge in [0.25, 0.3) is 0 Å². The Hall–Kier alpha value is -4.78. The number of carbonyl (C=O) groups excluding carboxylic acids is 1. The van der Waals surface area contributed by atoms with Crippen molar-refractivity contribution in [3.8, 4) is 6.07 Å². The number of aromatic amines is 1. The molecule has 0 aliphatic carbocycles. The highest BCUT2D eigenvalue weighted by Gasteiger charge is 2.20. The molecule has 2 aromatic heterocycles. The Kier molecular flexibility index (Phi) is 5.72. The van der Waals surface area contributed by atoms with Crippen LogP contribution >= 0.6 is 0 Å². The number of aromatic nitrogens is 6. The summed E-state index contributed by atoms with van der Waals surface area (Å²) in [7, 11) is 0. The number of ether oxygens (including phenoxy) is 1. The fraction of sp³-hybridized carbons (Fsp3) is 0.0909. The van der Waals surface area contributed by atoms with Gasteiger partial charge in [-0.25, -0.2) is 9.78 Å². The number of nitrogens with zero attached hydrogens (tertiary/aromatic N) is 6. The molecule has 32 heavy (non-hydrogen) atoms. The lowest BCUT2D eigenvalue weighted by molar-refractivity contribution is -0.136. The smallest absolute Gasteiger partial charge is 0.357 e. The molecule has 0 spiro atoms. The van der Waals surface area contributed by atoms with Gasteiger partial charge in [0.15, 0.2) is 23.1 Å². The third kappa shape index (κ3) is 4.22. The molecule has 0 radical (unpaired) electrons. The summed E-state index contributed by atoms with van der Waals surface area (Å²) in [6, 6.07) is 18.2. The summed E-state index contributed by atoms with van der Waals surface area (Å²) in [5.74, 6) is -0.660. The van der Waals surface area contributed by atoms with Crippen LogP contribution in [0.3, 0.4) is 0 Å². The minimum absolute atomic E-state index is 0.0498. The van der Waals surface area contributed by atoms with Crippen LogP contribution in [-0.2, 0) is 9.53 Å². The molecular formula is C22H17N7O3. The highest BCUT2D eigenvalue weighted by molar-refractivity contribution is 6.15. The summed E-state index contributed by atoms with van der Waals surface area (Å²) in [6.45, 7) is 1.10. The van der Waals surface area contributed by atoms with Crippen LogP contribution in [0.1, 0.15) is 17.2 Å². The number of nitrogens with one attached hydrogen (secondary N) is 1. The number of para-hydroxylation sites is 2. The van der Waals surface area contributed by atoms with E-state index < -0.39 is 18.3 Å². The van der Waals surface area contributed by atoms with Crippen molar-refractivity contribution in [2.75, 3.05) is 6.61 Å². The first-order chi connectivity index (χ1) is 15.6. The SMILES string of the molecule is Cc1nnnn1C(=Cc1ccccc1)C(=O)OCC(O)=C(C#N)c1nc2ccccc2[nH]1. The zero-order chi connectivity index (χ0) is 22.5. The van der Waals surface area contributed by atoms with Gasteiger partial charge in [-0.2, -0.15) is 9.94 Å². The largest absolute Gasteiger partial charge is 0.507 e. The number of nitriles is 1. The number of benzene rings is 2. The number of tetrazole rings is 1. The van der Waals surface area contributed by atoms with Gasteiger partial charge in [-0.3, -0.25) is 0 Å². The highest BCUT2D eigenvalue weighted by Crippen LogP contribution is 2.20. The van der Waals surface area contributed by atoms with Crippen LogP contribution in [0.2, 0.25) is 0 Å². The van der Waals surface area contributed by atoms with Gasteiger partial charge >= 0.3 is 5.97 Å². The average molecular weight is 427 g/mol. The Morgan fingerprint density at radius 2 is 1.97 bits per heavy atom. The fourth-order valence-corrected chi connectivity index (χ4v) is 2.97. The van der Waals surface area contributed by atoms with Gasteiger partial charge in [0.05, 0.1) is 11.0 Å². The first kappa shape index (κ1) is 20.5. The second-order valence-corrected chi connectivity index (χ2v) is 6.69. The van der Waals surface area contributed by atoms with Gasteiger partial charge < -0.3 is 14.8 Å². The second-order valence-electron chi connectivity index (χ2n) is 6.69. The maximum atomic E-state index is 12.8. The van der Waals surface area contributed by atoms with E-state index in [0.29, 0.717) is 16.9 Å². The standard InChI is InChI=1S/C22H17N7O3/c1-14-26-27-28-29(14)19(11-15-7-3-2-4-8-15)22(31)32-13-20(30)16(12-23)21-24-17-9-5-6-10-18(17)25-21/h2-11,30H,13H2,1H3,(H,24,25). The number of fused-ring (bicyclic) bond motifs is 1. The van der Waals surface area contributed by atoms with E-state index in [-0.39, 0.29) is 17.1 Å². The minimum Gasteiger partial charge on any atom is -0.507 e. The summed E-state index contributed by atoms with van der Waals surface area (Å²) in [4.78, 5) is 20.1. The number of hydrogen-bond acceptors (Lipinski definition) is 8. The Morgan fingerprint density at radius 3 is 2.66 bits per heavy atom. The molecule has 0 atom stereocenters. The molecule has 0 aliphatic heterocycles. The highest BCUT2D eigenvalue weighted by atomic mass is 16.5. The van der Waals surface area contributed by atoms with Crippen LogP contribution in [0.5, 0.6) is 0 Å². The first-order valence-corrected chi connectivity index (χ1v) is 9.53. The molecule has 4 aromatic rings. The van der Waals surface area contributed by atoms with E-state index >= 15 is 0 Å². The van der Waals surface area contributed by atoms with E-state index in [9.17, 15) is 15.2 Å². The van der Waals surface area contributed by atoms with Crippen molar-refractivity contribution in [1.29, 1.82) is 5.26 Å². The minimum atomic E-state index is -0.780. The summed E-state index contributed by atoms with van der Waals surface area (Å²) < 4.78 is 6.51. The van der Waals surface area contributed by atoms with E-state index in [1.807, 2.05) is 36.4 Å². The molecule has 0 unspecified atom stereocenters. The average Bonchev–Trinajstić information content (AvgIpc) is 3.43. The second kappa shape index (κ2) is 8.93. The molecule has 2 N–H and O–H groups in total. The molecule has 0 bridgehead atoms. The Bertz CT molecular complexity index is 1340. The van der Waals surface area contributed by atoms with Crippen molar-refractivity contribution >= 4 is 34.3 Å². The summed E-state index contributed by atoms with van der Waals surface area (Å²) >= 11 is 0. The molecule has 0 saturated carbocycles. The number of rotatable bonds is 6. The zero-order valence-electron chi connectivity index (χ0n) is 16.9. The van der Waals surface area contributed by atoms with Crippen molar-refractivity contribution < 1.29 is 14.6 Å². The number of allylic oxidation sites excluding steroid dienone is 1. The molecule has 2 aromatic carbocycles. The van der Waals surface area contributed by atoms with Crippen molar-refractivity contribution in [1.82, 2.24) is 30.2 Å². The van der Waals surface area contributed by atoms with Gasteiger partial charge in [-0.1, -0.05) is 42.5 Å². The zero-order valence-corrected chi connectivity index (χ0v) is 16.9. The number of aliphatic hydroxyl groups is 1. The monoisotopic (exact) mass is 427 g/mol. The molecule has 0 saturated heterocycles. The van der Waals surface area contributed by atoms with Crippen LogP contribution in [0.25, 0.3) is 28.4 Å². The van der Waals surface area contributed by atoms with Gasteiger partial charge in [0.1, 0.15) is 18.2 Å². The summed E-state index contributed by atoms with van der Waals surface area (Å²) in [6.07, 6.45) is 1.57. The third-order valence-corrected chi connectivity index (χ3v) is 4.53. The van der Waals surface area contributed by atoms with Gasteiger partial charge in [0, 0.05) is 0 Å². The lowest BCUT2D eigenvalue weighted by Gasteiger charge is -2.09. The number of imidazole rings is 1. The quantitative estimate of drug-likeness (QED) is 0.207. The lowest BCUT2D eigenvalue weighted by Crippen LogP contribution is -2.16. The van der Waals surface area contributed by atoms with E-state index in [2.05, 4.69) is 25.5 Å². The number of esters is 1. The van der Waals surface area contributed by atoms with Crippen molar-refractivity contribution in [3.63, 3.8) is 0 Å². The predicted octanol–water partition coefficient (Wildman–Crippen LogP) is 2.89. The maximum Gasteiger partial charge on any atom is 0.357 e. The molecule has 0 fully saturated rings. The van der Waals surface area contributed by atoms with Crippen LogP contribution in [0, 0.1) is 18.3 Å². The number of hydrogen-bond donors (Lipinski definition) is 2. The molecule has 0 amide bonds. The molecule has 4 rings (SSSR count). The van der Waals surface area contributed by atoms with E-state index in [1.54, 1.807) is 37.3 Å². The van der Waals surface area contributed by atoms with E-state index in [0.717, 1.165) is 5.56 Å².